The van der Waals surface area contributed by atoms with Crippen LogP contribution < -0.4 is 4.90 Å². The first-order valence-electron chi connectivity index (χ1n) is 11.0. The molecule has 1 saturated carbocycles. The lowest BCUT2D eigenvalue weighted by atomic mass is 10.0. The van der Waals surface area contributed by atoms with Crippen LogP contribution in [0.1, 0.15) is 69.0 Å². The summed E-state index contributed by atoms with van der Waals surface area (Å²) in [7, 11) is 0. The van der Waals surface area contributed by atoms with Crippen LogP contribution in [0.25, 0.3) is 0 Å². The van der Waals surface area contributed by atoms with Gasteiger partial charge in [0.2, 0.25) is 0 Å². The van der Waals surface area contributed by atoms with Crippen LogP contribution in [0.2, 0.25) is 0 Å². The smallest absolute Gasteiger partial charge is 0.317 e. The molecule has 3 rings (SSSR count). The van der Waals surface area contributed by atoms with Gasteiger partial charge in [-0.1, -0.05) is 38.2 Å². The topological polar surface area (TPSA) is 19.4 Å². The lowest BCUT2D eigenvalue weighted by Gasteiger charge is -2.22. The van der Waals surface area contributed by atoms with E-state index < -0.39 is 11.9 Å². The highest BCUT2D eigenvalue weighted by atomic mass is 79.9. The molecule has 0 N–H and O–H groups in total. The van der Waals surface area contributed by atoms with E-state index in [-0.39, 0.29) is 0 Å². The predicted octanol–water partition coefficient (Wildman–Crippen LogP) is 7.83. The normalized spacial score (nSPS) is 14.6. The van der Waals surface area contributed by atoms with Crippen molar-refractivity contribution in [2.75, 3.05) is 24.5 Å². The fourth-order valence-electron chi connectivity index (χ4n) is 3.71. The van der Waals surface area contributed by atoms with Crippen molar-refractivity contribution in [3.63, 3.8) is 0 Å². The van der Waals surface area contributed by atoms with Gasteiger partial charge in [0.05, 0.1) is 10.6 Å². The van der Waals surface area contributed by atoms with Gasteiger partial charge < -0.3 is 4.90 Å². The quantitative estimate of drug-likeness (QED) is 0.320. The highest BCUT2D eigenvalue weighted by Crippen LogP contribution is 2.42. The summed E-state index contributed by atoms with van der Waals surface area (Å²) in [5, 5.41) is 0.394. The molecule has 0 amide bonds. The monoisotopic (exact) mass is 517 g/mol. The zero-order valence-corrected chi connectivity index (χ0v) is 21.0. The van der Waals surface area contributed by atoms with Gasteiger partial charge in [-0.05, 0) is 78.2 Å². The number of thiazole rings is 1. The molecule has 31 heavy (non-hydrogen) atoms. The summed E-state index contributed by atoms with van der Waals surface area (Å²) in [5.74, 6) is 1.01. The number of hydrogen-bond acceptors (Lipinski definition) is 4. The molecule has 1 fully saturated rings. The third-order valence-corrected chi connectivity index (χ3v) is 7.25. The molecule has 1 aliphatic rings. The zero-order valence-electron chi connectivity index (χ0n) is 18.6. The molecule has 1 aromatic carbocycles. The Labute approximate surface area is 195 Å². The second kappa shape index (κ2) is 10.2. The number of nitrogens with zero attached hydrogens (tertiary/aromatic N) is 3. The van der Waals surface area contributed by atoms with Crippen LogP contribution in [0.4, 0.5) is 24.0 Å². The summed E-state index contributed by atoms with van der Waals surface area (Å²) in [6.07, 6.45) is -1.16. The molecule has 3 nitrogen and oxygen atoms in total. The minimum absolute atomic E-state index is 0.307. The predicted molar refractivity (Wildman–Crippen MR) is 126 cm³/mol. The van der Waals surface area contributed by atoms with E-state index in [0.717, 1.165) is 29.7 Å². The van der Waals surface area contributed by atoms with Gasteiger partial charge in [0.15, 0.2) is 10.8 Å². The van der Waals surface area contributed by atoms with Crippen LogP contribution in [-0.4, -0.2) is 29.5 Å². The van der Waals surface area contributed by atoms with Crippen molar-refractivity contribution in [3.05, 3.63) is 38.8 Å². The molecular formula is C23H31BrF3N3S. The maximum atomic E-state index is 13.9. The van der Waals surface area contributed by atoms with Crippen LogP contribution in [0.15, 0.2) is 22.7 Å². The number of alkyl halides is 3. The zero-order chi connectivity index (χ0) is 22.8. The van der Waals surface area contributed by atoms with Crippen LogP contribution >= 0.6 is 27.3 Å². The van der Waals surface area contributed by atoms with Crippen LogP contribution in [0, 0.1) is 5.92 Å². The molecule has 172 valence electrons. The van der Waals surface area contributed by atoms with Crippen molar-refractivity contribution in [1.82, 2.24) is 9.88 Å². The third kappa shape index (κ3) is 6.23. The van der Waals surface area contributed by atoms with Gasteiger partial charge >= 0.3 is 6.18 Å². The van der Waals surface area contributed by atoms with Crippen molar-refractivity contribution in [2.45, 2.75) is 65.6 Å². The summed E-state index contributed by atoms with van der Waals surface area (Å²) in [6, 6.07) is 6.04. The van der Waals surface area contributed by atoms with E-state index in [1.54, 1.807) is 0 Å². The second-order valence-corrected chi connectivity index (χ2v) is 10.5. The Balaban J connectivity index is 1.94. The lowest BCUT2D eigenvalue weighted by Crippen LogP contribution is -2.27. The second-order valence-electron chi connectivity index (χ2n) is 8.55. The van der Waals surface area contributed by atoms with Crippen LogP contribution in [-0.2, 0) is 12.7 Å². The summed E-state index contributed by atoms with van der Waals surface area (Å²) >= 11 is 4.79. The molecule has 1 aromatic heterocycles. The standard InChI is InChI=1S/C23H31BrF3N3S/c1-5-11-29(13-16-7-8-16)14-20-21(23(25,26)27)28-22(31-20)30(6-2)19-10-9-17(15(3)4)12-18(19)24/h9-10,12,15-16H,5-8,11,13-14H2,1-4H3. The number of aromatic nitrogens is 1. The Hall–Kier alpha value is -1.12. The molecular weight excluding hydrogens is 487 g/mol. The van der Waals surface area contributed by atoms with E-state index in [4.69, 9.17) is 0 Å². The van der Waals surface area contributed by atoms with E-state index in [1.165, 1.54) is 29.7 Å². The van der Waals surface area contributed by atoms with Crippen molar-refractivity contribution in [3.8, 4) is 0 Å². The summed E-state index contributed by atoms with van der Waals surface area (Å²) < 4.78 is 42.5. The number of halogens is 4. The largest absolute Gasteiger partial charge is 0.434 e. The highest BCUT2D eigenvalue weighted by molar-refractivity contribution is 9.10. The van der Waals surface area contributed by atoms with E-state index in [1.807, 2.05) is 30.0 Å². The van der Waals surface area contributed by atoms with Gasteiger partial charge in [-0.25, -0.2) is 4.98 Å². The number of anilines is 2. The minimum atomic E-state index is -4.46. The molecule has 0 radical (unpaired) electrons. The van der Waals surface area contributed by atoms with Crippen LogP contribution in [0.5, 0.6) is 0 Å². The van der Waals surface area contributed by atoms with Crippen molar-refractivity contribution >= 4 is 38.1 Å². The Morgan fingerprint density at radius 2 is 1.94 bits per heavy atom. The van der Waals surface area contributed by atoms with E-state index in [2.05, 4.69) is 46.6 Å². The fourth-order valence-corrected chi connectivity index (χ4v) is 5.52. The molecule has 1 heterocycles. The maximum absolute atomic E-state index is 13.9. The molecule has 0 atom stereocenters. The van der Waals surface area contributed by atoms with Gasteiger partial charge in [-0.3, -0.25) is 4.90 Å². The molecule has 2 aromatic rings. The number of hydrogen-bond donors (Lipinski definition) is 0. The first kappa shape index (κ1) is 24.5. The SMILES string of the molecule is CCCN(Cc1sc(N(CC)c2ccc(C(C)C)cc2Br)nc1C(F)(F)F)CC1CC1. The van der Waals surface area contributed by atoms with Gasteiger partial charge in [-0.2, -0.15) is 13.2 Å². The van der Waals surface area contributed by atoms with E-state index in [9.17, 15) is 13.2 Å². The molecule has 1 aliphatic carbocycles. The average Bonchev–Trinajstić information content (AvgIpc) is 3.40. The molecule has 0 saturated heterocycles. The van der Waals surface area contributed by atoms with Gasteiger partial charge in [0, 0.05) is 24.1 Å². The Kier molecular flexibility index (Phi) is 8.08. The molecule has 0 spiro atoms. The lowest BCUT2D eigenvalue weighted by molar-refractivity contribution is -0.141. The van der Waals surface area contributed by atoms with E-state index >= 15 is 0 Å². The summed E-state index contributed by atoms with van der Waals surface area (Å²) in [6.45, 7) is 10.8. The highest BCUT2D eigenvalue weighted by Gasteiger charge is 2.39. The molecule has 8 heteroatoms. The number of benzene rings is 1. The third-order valence-electron chi connectivity index (χ3n) is 5.55. The van der Waals surface area contributed by atoms with Crippen LogP contribution in [0.3, 0.4) is 0 Å². The van der Waals surface area contributed by atoms with Gasteiger partial charge in [0.1, 0.15) is 0 Å². The van der Waals surface area contributed by atoms with Gasteiger partial charge in [0.25, 0.3) is 0 Å². The minimum Gasteiger partial charge on any atom is -0.317 e. The fraction of sp³-hybridized carbons (Fsp3) is 0.609. The molecule has 0 bridgehead atoms. The Morgan fingerprint density at radius 1 is 1.23 bits per heavy atom. The van der Waals surface area contributed by atoms with E-state index in [0.29, 0.717) is 34.9 Å². The van der Waals surface area contributed by atoms with Crippen molar-refractivity contribution < 1.29 is 13.2 Å². The van der Waals surface area contributed by atoms with Gasteiger partial charge in [-0.15, -0.1) is 0 Å². The van der Waals surface area contributed by atoms with Crippen molar-refractivity contribution in [1.29, 1.82) is 0 Å². The maximum Gasteiger partial charge on any atom is 0.434 e. The number of rotatable bonds is 10. The Bertz CT molecular complexity index is 877. The van der Waals surface area contributed by atoms with Crippen molar-refractivity contribution in [2.24, 2.45) is 5.92 Å². The Morgan fingerprint density at radius 3 is 2.45 bits per heavy atom. The first-order chi connectivity index (χ1) is 14.6. The molecule has 0 aliphatic heterocycles. The summed E-state index contributed by atoms with van der Waals surface area (Å²) in [5.41, 5.74) is 1.28. The molecule has 0 unspecified atom stereocenters. The first-order valence-corrected chi connectivity index (χ1v) is 12.6. The average molecular weight is 518 g/mol. The summed E-state index contributed by atoms with van der Waals surface area (Å²) in [4.78, 5) is 8.44.